The molecule has 0 saturated carbocycles. The van der Waals surface area contributed by atoms with Gasteiger partial charge < -0.3 is 19.8 Å². The minimum atomic E-state index is -1.02. The quantitative estimate of drug-likeness (QED) is 0.858. The monoisotopic (exact) mass is 377 g/mol. The second-order valence-corrected chi connectivity index (χ2v) is 7.83. The SMILES string of the molecule is CN(C)C(=O)N1CCC[C@H](C(=O)N2CCC(O)(c3ccc(F)cc3)CC2)C1. The summed E-state index contributed by atoms with van der Waals surface area (Å²) < 4.78 is 13.1. The van der Waals surface area contributed by atoms with Crippen LogP contribution >= 0.6 is 0 Å². The minimum absolute atomic E-state index is 0.0585. The highest BCUT2D eigenvalue weighted by atomic mass is 19.1. The van der Waals surface area contributed by atoms with E-state index >= 15 is 0 Å². The van der Waals surface area contributed by atoms with Crippen molar-refractivity contribution in [3.8, 4) is 0 Å². The Morgan fingerprint density at radius 2 is 1.74 bits per heavy atom. The maximum absolute atomic E-state index is 13.1. The number of urea groups is 1. The Hall–Kier alpha value is -2.15. The number of nitrogens with zero attached hydrogens (tertiary/aromatic N) is 3. The Morgan fingerprint density at radius 1 is 1.11 bits per heavy atom. The molecule has 7 heteroatoms. The number of likely N-dealkylation sites (tertiary alicyclic amines) is 2. The standard InChI is InChI=1S/C20H28FN3O3/c1-22(2)19(26)24-11-3-4-15(14-24)18(25)23-12-9-20(27,10-13-23)16-5-7-17(21)8-6-16/h5-8,15,27H,3-4,9-14H2,1-2H3/t15-/m0/s1. The normalized spacial score (nSPS) is 22.4. The number of amides is 3. The fraction of sp³-hybridized carbons (Fsp3) is 0.600. The van der Waals surface area contributed by atoms with E-state index in [1.807, 2.05) is 0 Å². The smallest absolute Gasteiger partial charge is 0.319 e. The predicted octanol–water partition coefficient (Wildman–Crippen LogP) is 2.03. The van der Waals surface area contributed by atoms with E-state index in [9.17, 15) is 19.1 Å². The van der Waals surface area contributed by atoms with Gasteiger partial charge in [0.2, 0.25) is 5.91 Å². The van der Waals surface area contributed by atoms with Crippen LogP contribution in [-0.2, 0) is 10.4 Å². The highest BCUT2D eigenvalue weighted by Gasteiger charge is 2.38. The number of hydrogen-bond donors (Lipinski definition) is 1. The highest BCUT2D eigenvalue weighted by molar-refractivity contribution is 5.81. The predicted molar refractivity (Wildman–Crippen MR) is 99.5 cm³/mol. The lowest BCUT2D eigenvalue weighted by atomic mass is 9.84. The van der Waals surface area contributed by atoms with Crippen LogP contribution in [0.2, 0.25) is 0 Å². The van der Waals surface area contributed by atoms with Crippen molar-refractivity contribution in [1.82, 2.24) is 14.7 Å². The van der Waals surface area contributed by atoms with E-state index in [0.717, 1.165) is 12.8 Å². The molecular formula is C20H28FN3O3. The van der Waals surface area contributed by atoms with Gasteiger partial charge in [0, 0.05) is 40.3 Å². The van der Waals surface area contributed by atoms with Crippen molar-refractivity contribution in [2.75, 3.05) is 40.3 Å². The summed E-state index contributed by atoms with van der Waals surface area (Å²) in [4.78, 5) is 30.2. The minimum Gasteiger partial charge on any atom is -0.385 e. The molecule has 0 unspecified atom stereocenters. The summed E-state index contributed by atoms with van der Waals surface area (Å²) in [6, 6.07) is 5.86. The summed E-state index contributed by atoms with van der Waals surface area (Å²) in [5.41, 5.74) is -0.333. The second-order valence-electron chi connectivity index (χ2n) is 7.83. The Morgan fingerprint density at radius 3 is 2.33 bits per heavy atom. The van der Waals surface area contributed by atoms with Crippen LogP contribution in [0.15, 0.2) is 24.3 Å². The molecule has 3 amide bonds. The molecular weight excluding hydrogens is 349 g/mol. The van der Waals surface area contributed by atoms with E-state index in [1.165, 1.54) is 17.0 Å². The summed E-state index contributed by atoms with van der Waals surface area (Å²) in [5, 5.41) is 10.9. The lowest BCUT2D eigenvalue weighted by Crippen LogP contribution is -2.52. The molecule has 148 valence electrons. The number of rotatable bonds is 2. The van der Waals surface area contributed by atoms with Gasteiger partial charge in [-0.3, -0.25) is 4.79 Å². The molecule has 1 aromatic carbocycles. The van der Waals surface area contributed by atoms with E-state index in [4.69, 9.17) is 0 Å². The average Bonchev–Trinajstić information content (AvgIpc) is 2.68. The fourth-order valence-corrected chi connectivity index (χ4v) is 4.04. The Balaban J connectivity index is 1.59. The maximum atomic E-state index is 13.1. The fourth-order valence-electron chi connectivity index (χ4n) is 4.04. The van der Waals surface area contributed by atoms with Crippen LogP contribution in [0.4, 0.5) is 9.18 Å². The van der Waals surface area contributed by atoms with Crippen molar-refractivity contribution < 1.29 is 19.1 Å². The average molecular weight is 377 g/mol. The van der Waals surface area contributed by atoms with Crippen molar-refractivity contribution in [3.05, 3.63) is 35.6 Å². The van der Waals surface area contributed by atoms with Gasteiger partial charge in [0.05, 0.1) is 11.5 Å². The first-order chi connectivity index (χ1) is 12.8. The van der Waals surface area contributed by atoms with Crippen LogP contribution in [0, 0.1) is 11.7 Å². The summed E-state index contributed by atoms with van der Waals surface area (Å²) in [6.45, 7) is 2.06. The summed E-state index contributed by atoms with van der Waals surface area (Å²) in [5.74, 6) is -0.448. The molecule has 2 heterocycles. The second kappa shape index (κ2) is 7.84. The van der Waals surface area contributed by atoms with Gasteiger partial charge >= 0.3 is 6.03 Å². The van der Waals surface area contributed by atoms with Gasteiger partial charge in [-0.05, 0) is 43.4 Å². The molecule has 6 nitrogen and oxygen atoms in total. The molecule has 2 aliphatic heterocycles. The number of halogens is 1. The highest BCUT2D eigenvalue weighted by Crippen LogP contribution is 2.34. The summed E-state index contributed by atoms with van der Waals surface area (Å²) >= 11 is 0. The van der Waals surface area contributed by atoms with Crippen LogP contribution < -0.4 is 0 Å². The van der Waals surface area contributed by atoms with Gasteiger partial charge in [0.1, 0.15) is 5.82 Å². The zero-order valence-corrected chi connectivity index (χ0v) is 16.0. The largest absolute Gasteiger partial charge is 0.385 e. The first kappa shape index (κ1) is 19.6. The van der Waals surface area contributed by atoms with Crippen molar-refractivity contribution >= 4 is 11.9 Å². The Kier molecular flexibility index (Phi) is 5.69. The third-order valence-electron chi connectivity index (χ3n) is 5.71. The molecule has 0 spiro atoms. The number of carbonyl (C=O) groups is 2. The molecule has 2 fully saturated rings. The topological polar surface area (TPSA) is 64.1 Å². The number of piperidine rings is 2. The third kappa shape index (κ3) is 4.24. The molecule has 0 radical (unpaired) electrons. The van der Waals surface area contributed by atoms with Crippen LogP contribution in [0.3, 0.4) is 0 Å². The molecule has 1 atom stereocenters. The molecule has 0 aliphatic carbocycles. The molecule has 1 N–H and O–H groups in total. The van der Waals surface area contributed by atoms with Crippen LogP contribution in [0.25, 0.3) is 0 Å². The molecule has 3 rings (SSSR count). The Bertz CT molecular complexity index is 684. The van der Waals surface area contributed by atoms with E-state index in [-0.39, 0.29) is 23.7 Å². The van der Waals surface area contributed by atoms with E-state index in [1.54, 1.807) is 36.0 Å². The van der Waals surface area contributed by atoms with Crippen molar-refractivity contribution in [3.63, 3.8) is 0 Å². The van der Waals surface area contributed by atoms with Crippen LogP contribution in [-0.4, -0.2) is 72.0 Å². The molecule has 2 aliphatic rings. The van der Waals surface area contributed by atoms with Crippen LogP contribution in [0.5, 0.6) is 0 Å². The van der Waals surface area contributed by atoms with Gasteiger partial charge in [-0.15, -0.1) is 0 Å². The lowest BCUT2D eigenvalue weighted by molar-refractivity contribution is -0.141. The van der Waals surface area contributed by atoms with Gasteiger partial charge in [-0.1, -0.05) is 12.1 Å². The third-order valence-corrected chi connectivity index (χ3v) is 5.71. The maximum Gasteiger partial charge on any atom is 0.319 e. The molecule has 27 heavy (non-hydrogen) atoms. The molecule has 0 bridgehead atoms. The lowest BCUT2D eigenvalue weighted by Gasteiger charge is -2.41. The molecule has 1 aromatic rings. The van der Waals surface area contributed by atoms with Gasteiger partial charge in [0.25, 0.3) is 0 Å². The number of hydrogen-bond acceptors (Lipinski definition) is 3. The first-order valence-electron chi connectivity index (χ1n) is 9.53. The number of benzene rings is 1. The summed E-state index contributed by atoms with van der Waals surface area (Å²) in [7, 11) is 3.43. The van der Waals surface area contributed by atoms with Crippen molar-refractivity contribution in [2.24, 2.45) is 5.92 Å². The van der Waals surface area contributed by atoms with E-state index in [2.05, 4.69) is 0 Å². The van der Waals surface area contributed by atoms with Gasteiger partial charge in [-0.25, -0.2) is 9.18 Å². The summed E-state index contributed by atoms with van der Waals surface area (Å²) in [6.07, 6.45) is 2.47. The zero-order chi connectivity index (χ0) is 19.6. The van der Waals surface area contributed by atoms with Gasteiger partial charge in [-0.2, -0.15) is 0 Å². The molecule has 2 saturated heterocycles. The number of aliphatic hydroxyl groups is 1. The van der Waals surface area contributed by atoms with E-state index < -0.39 is 5.60 Å². The molecule has 0 aromatic heterocycles. The van der Waals surface area contributed by atoms with E-state index in [0.29, 0.717) is 44.6 Å². The van der Waals surface area contributed by atoms with Crippen LogP contribution in [0.1, 0.15) is 31.2 Å². The van der Waals surface area contributed by atoms with Crippen molar-refractivity contribution in [1.29, 1.82) is 0 Å². The number of carbonyl (C=O) groups excluding carboxylic acids is 2. The Labute approximate surface area is 159 Å². The van der Waals surface area contributed by atoms with Gasteiger partial charge in [0.15, 0.2) is 0 Å². The zero-order valence-electron chi connectivity index (χ0n) is 16.0. The van der Waals surface area contributed by atoms with Crippen molar-refractivity contribution in [2.45, 2.75) is 31.3 Å². The first-order valence-corrected chi connectivity index (χ1v) is 9.53.